The van der Waals surface area contributed by atoms with Crippen molar-refractivity contribution in [1.82, 2.24) is 4.90 Å². The van der Waals surface area contributed by atoms with Crippen LogP contribution in [0.25, 0.3) is 0 Å². The predicted molar refractivity (Wildman–Crippen MR) is 92.8 cm³/mol. The molecule has 1 aromatic rings. The van der Waals surface area contributed by atoms with Gasteiger partial charge in [0, 0.05) is 0 Å². The van der Waals surface area contributed by atoms with Crippen molar-refractivity contribution in [3.63, 3.8) is 0 Å². The van der Waals surface area contributed by atoms with Crippen LogP contribution in [0, 0.1) is 6.92 Å². The Kier molecular flexibility index (Phi) is 7.87. The number of amides is 1. The molecule has 8 heteroatoms. The zero-order valence-electron chi connectivity index (χ0n) is 14.7. The minimum Gasteiger partial charge on any atom is -0.462 e. The second-order valence-electron chi connectivity index (χ2n) is 5.08. The van der Waals surface area contributed by atoms with Crippen molar-refractivity contribution in [3.05, 3.63) is 16.0 Å². The zero-order valence-corrected chi connectivity index (χ0v) is 15.5. The Morgan fingerprint density at radius 1 is 1.08 bits per heavy atom. The van der Waals surface area contributed by atoms with Crippen molar-refractivity contribution in [2.24, 2.45) is 0 Å². The van der Waals surface area contributed by atoms with Gasteiger partial charge >= 0.3 is 11.9 Å². The zero-order chi connectivity index (χ0) is 18.3. The van der Waals surface area contributed by atoms with Crippen LogP contribution in [-0.4, -0.2) is 56.1 Å². The van der Waals surface area contributed by atoms with Gasteiger partial charge in [-0.1, -0.05) is 6.92 Å². The first-order valence-corrected chi connectivity index (χ1v) is 8.63. The lowest BCUT2D eigenvalue weighted by molar-refractivity contribution is -0.117. The van der Waals surface area contributed by atoms with Crippen molar-refractivity contribution >= 4 is 34.2 Å². The summed E-state index contributed by atoms with van der Waals surface area (Å²) >= 11 is 1.03. The molecule has 0 bridgehead atoms. The molecule has 24 heavy (non-hydrogen) atoms. The summed E-state index contributed by atoms with van der Waals surface area (Å²) in [5, 5.41) is 3.01. The molecule has 0 aliphatic rings. The molecule has 1 rings (SSSR count). The lowest BCUT2D eigenvalue weighted by Gasteiger charge is -2.13. The Morgan fingerprint density at radius 2 is 1.67 bits per heavy atom. The Morgan fingerprint density at radius 3 is 2.21 bits per heavy atom. The van der Waals surface area contributed by atoms with Gasteiger partial charge in [-0.05, 0) is 39.9 Å². The fourth-order valence-corrected chi connectivity index (χ4v) is 3.07. The van der Waals surface area contributed by atoms with Gasteiger partial charge < -0.3 is 14.8 Å². The van der Waals surface area contributed by atoms with E-state index >= 15 is 0 Å². The molecule has 1 heterocycles. The molecule has 1 aromatic heterocycles. The summed E-state index contributed by atoms with van der Waals surface area (Å²) in [4.78, 5) is 38.5. The maximum absolute atomic E-state index is 12.2. The van der Waals surface area contributed by atoms with E-state index in [-0.39, 0.29) is 31.2 Å². The number of carbonyl (C=O) groups is 3. The third-order valence-electron chi connectivity index (χ3n) is 3.29. The number of nitrogens with zero attached hydrogens (tertiary/aromatic N) is 1. The summed E-state index contributed by atoms with van der Waals surface area (Å²) in [5.41, 5.74) is 0.661. The van der Waals surface area contributed by atoms with Crippen LogP contribution in [0.3, 0.4) is 0 Å². The van der Waals surface area contributed by atoms with E-state index in [0.29, 0.717) is 15.4 Å². The minimum absolute atomic E-state index is 0.185. The van der Waals surface area contributed by atoms with Gasteiger partial charge in [-0.2, -0.15) is 0 Å². The van der Waals surface area contributed by atoms with Crippen molar-refractivity contribution in [2.45, 2.75) is 27.7 Å². The summed E-state index contributed by atoms with van der Waals surface area (Å²) in [7, 11) is 1.82. The highest BCUT2D eigenvalue weighted by molar-refractivity contribution is 7.18. The molecule has 0 spiro atoms. The molecule has 134 valence electrons. The Labute approximate surface area is 145 Å². The van der Waals surface area contributed by atoms with Gasteiger partial charge in [-0.15, -0.1) is 11.3 Å². The van der Waals surface area contributed by atoms with Crippen LogP contribution in [0.15, 0.2) is 0 Å². The van der Waals surface area contributed by atoms with E-state index < -0.39 is 11.9 Å². The topological polar surface area (TPSA) is 84.9 Å². The summed E-state index contributed by atoms with van der Waals surface area (Å²) in [5.74, 6) is -1.35. The number of hydrogen-bond donors (Lipinski definition) is 1. The van der Waals surface area contributed by atoms with Gasteiger partial charge in [0.2, 0.25) is 5.91 Å². The van der Waals surface area contributed by atoms with Crippen LogP contribution in [0.5, 0.6) is 0 Å². The fourth-order valence-electron chi connectivity index (χ4n) is 1.97. The van der Waals surface area contributed by atoms with Crippen LogP contribution in [0.1, 0.15) is 46.4 Å². The quantitative estimate of drug-likeness (QED) is 0.720. The lowest BCUT2D eigenvalue weighted by Crippen LogP contribution is -2.30. The molecule has 0 aliphatic heterocycles. The van der Waals surface area contributed by atoms with Crippen molar-refractivity contribution in [1.29, 1.82) is 0 Å². The molecular formula is C16H24N2O5S. The summed E-state index contributed by atoms with van der Waals surface area (Å²) in [6.45, 7) is 8.31. The van der Waals surface area contributed by atoms with Crippen molar-refractivity contribution in [2.75, 3.05) is 38.7 Å². The molecule has 0 unspecified atom stereocenters. The van der Waals surface area contributed by atoms with Gasteiger partial charge in [-0.25, -0.2) is 9.59 Å². The van der Waals surface area contributed by atoms with E-state index in [2.05, 4.69) is 5.32 Å². The normalized spacial score (nSPS) is 10.6. The van der Waals surface area contributed by atoms with Gasteiger partial charge in [-0.3, -0.25) is 9.69 Å². The van der Waals surface area contributed by atoms with Gasteiger partial charge in [0.25, 0.3) is 0 Å². The van der Waals surface area contributed by atoms with E-state index in [1.807, 2.05) is 18.9 Å². The maximum atomic E-state index is 12.2. The Bertz CT molecular complexity index is 612. The second-order valence-corrected chi connectivity index (χ2v) is 6.10. The first kappa shape index (κ1) is 20.1. The summed E-state index contributed by atoms with van der Waals surface area (Å²) < 4.78 is 10.0. The monoisotopic (exact) mass is 356 g/mol. The van der Waals surface area contributed by atoms with Crippen LogP contribution in [0.4, 0.5) is 5.00 Å². The smallest absolute Gasteiger partial charge is 0.348 e. The standard InChI is InChI=1S/C16H24N2O5S/c1-6-18(5)9-11(19)17-14-12(15(20)22-7-2)10(4)13(24-14)16(21)23-8-3/h6-9H2,1-5H3,(H,17,19). The maximum Gasteiger partial charge on any atom is 0.348 e. The van der Waals surface area contributed by atoms with Crippen LogP contribution in [0.2, 0.25) is 0 Å². The van der Waals surface area contributed by atoms with Crippen LogP contribution >= 0.6 is 11.3 Å². The number of hydrogen-bond acceptors (Lipinski definition) is 7. The van der Waals surface area contributed by atoms with Gasteiger partial charge in [0.15, 0.2) is 0 Å². The number of likely N-dealkylation sites (N-methyl/N-ethyl adjacent to an activating group) is 1. The lowest BCUT2D eigenvalue weighted by atomic mass is 10.1. The molecule has 0 radical (unpaired) electrons. The molecule has 0 fully saturated rings. The Balaban J connectivity index is 3.16. The molecule has 1 amide bonds. The molecular weight excluding hydrogens is 332 g/mol. The average molecular weight is 356 g/mol. The van der Waals surface area contributed by atoms with E-state index in [4.69, 9.17) is 9.47 Å². The molecule has 0 saturated heterocycles. The third-order valence-corrected chi connectivity index (χ3v) is 4.48. The van der Waals surface area contributed by atoms with Crippen molar-refractivity contribution in [3.8, 4) is 0 Å². The SMILES string of the molecule is CCOC(=O)c1sc(NC(=O)CN(C)CC)c(C(=O)OCC)c1C. The van der Waals surface area contributed by atoms with Gasteiger partial charge in [0.05, 0.1) is 25.3 Å². The highest BCUT2D eigenvalue weighted by Gasteiger charge is 2.27. The number of ether oxygens (including phenoxy) is 2. The third kappa shape index (κ3) is 5.04. The molecule has 7 nitrogen and oxygen atoms in total. The minimum atomic E-state index is -0.569. The summed E-state index contributed by atoms with van der Waals surface area (Å²) in [6.07, 6.45) is 0. The highest BCUT2D eigenvalue weighted by atomic mass is 32.1. The molecule has 0 aliphatic carbocycles. The predicted octanol–water partition coefficient (Wildman–Crippen LogP) is 2.30. The van der Waals surface area contributed by atoms with E-state index in [9.17, 15) is 14.4 Å². The average Bonchev–Trinajstić information content (AvgIpc) is 2.83. The summed E-state index contributed by atoms with van der Waals surface area (Å²) in [6, 6.07) is 0. The van der Waals surface area contributed by atoms with E-state index in [1.165, 1.54) is 0 Å². The molecule has 0 atom stereocenters. The fraction of sp³-hybridized carbons (Fsp3) is 0.562. The number of carbonyl (C=O) groups excluding carboxylic acids is 3. The van der Waals surface area contributed by atoms with Crippen LogP contribution < -0.4 is 5.32 Å². The molecule has 1 N–H and O–H groups in total. The first-order chi connectivity index (χ1) is 11.3. The molecule has 0 aromatic carbocycles. The highest BCUT2D eigenvalue weighted by Crippen LogP contribution is 2.34. The largest absolute Gasteiger partial charge is 0.462 e. The van der Waals surface area contributed by atoms with Gasteiger partial charge in [0.1, 0.15) is 9.88 Å². The number of rotatable bonds is 8. The number of esters is 2. The Hall–Kier alpha value is -1.93. The van der Waals surface area contributed by atoms with Crippen LogP contribution in [-0.2, 0) is 14.3 Å². The second kappa shape index (κ2) is 9.39. The number of anilines is 1. The molecule has 0 saturated carbocycles. The van der Waals surface area contributed by atoms with Crippen molar-refractivity contribution < 1.29 is 23.9 Å². The first-order valence-electron chi connectivity index (χ1n) is 7.81. The van der Waals surface area contributed by atoms with E-state index in [1.54, 1.807) is 20.8 Å². The number of nitrogens with one attached hydrogen (secondary N) is 1. The number of thiophene rings is 1. The van der Waals surface area contributed by atoms with E-state index in [0.717, 1.165) is 17.9 Å².